The second-order valence-corrected chi connectivity index (χ2v) is 9.33. The average molecular weight is 499 g/mol. The maximum atomic E-state index is 14.2. The summed E-state index contributed by atoms with van der Waals surface area (Å²) in [6, 6.07) is 2.13. The Kier molecular flexibility index (Phi) is 5.50. The van der Waals surface area contributed by atoms with Gasteiger partial charge in [0.25, 0.3) is 5.60 Å². The third-order valence-electron chi connectivity index (χ3n) is 5.31. The van der Waals surface area contributed by atoms with Crippen molar-refractivity contribution in [1.82, 2.24) is 0 Å². The number of rotatable bonds is 3. The Morgan fingerprint density at radius 1 is 1.13 bits per heavy atom. The Morgan fingerprint density at radius 3 is 2.30 bits per heavy atom. The van der Waals surface area contributed by atoms with E-state index in [9.17, 15) is 23.1 Å². The van der Waals surface area contributed by atoms with Gasteiger partial charge < -0.3 is 9.94 Å². The van der Waals surface area contributed by atoms with Crippen molar-refractivity contribution in [3.63, 3.8) is 0 Å². The van der Waals surface area contributed by atoms with E-state index in [1.54, 1.807) is 0 Å². The fourth-order valence-corrected chi connectivity index (χ4v) is 5.66. The number of thiophene rings is 1. The quantitative estimate of drug-likeness (QED) is 0.470. The van der Waals surface area contributed by atoms with Gasteiger partial charge in [-0.05, 0) is 48.9 Å². The minimum absolute atomic E-state index is 0.0584. The molecule has 4 nitrogen and oxygen atoms in total. The second-order valence-electron chi connectivity index (χ2n) is 7.11. The molecule has 1 atom stereocenters. The zero-order chi connectivity index (χ0) is 21.8. The van der Waals surface area contributed by atoms with Crippen LogP contribution in [0.2, 0.25) is 15.1 Å². The molecule has 11 heteroatoms. The molecule has 0 amide bonds. The second kappa shape index (κ2) is 7.58. The number of hydrogen-bond acceptors (Lipinski definition) is 4. The highest BCUT2D eigenvalue weighted by molar-refractivity contribution is 7.16. The summed E-state index contributed by atoms with van der Waals surface area (Å²) in [6.45, 7) is 0. The fourth-order valence-electron chi connectivity index (χ4n) is 3.85. The van der Waals surface area contributed by atoms with Crippen LogP contribution < -0.4 is 0 Å². The monoisotopic (exact) mass is 497 g/mol. The lowest BCUT2D eigenvalue weighted by atomic mass is 9.85. The Bertz CT molecular complexity index is 1060. The van der Waals surface area contributed by atoms with Crippen molar-refractivity contribution < 1.29 is 27.9 Å². The molecule has 30 heavy (non-hydrogen) atoms. The Morgan fingerprint density at radius 2 is 1.73 bits per heavy atom. The highest BCUT2D eigenvalue weighted by Crippen LogP contribution is 2.51. The van der Waals surface area contributed by atoms with Crippen molar-refractivity contribution in [3.05, 3.63) is 53.6 Å². The Balaban J connectivity index is 1.80. The molecule has 2 aromatic rings. The van der Waals surface area contributed by atoms with Crippen molar-refractivity contribution in [1.29, 1.82) is 0 Å². The first-order chi connectivity index (χ1) is 14.0. The lowest BCUT2D eigenvalue weighted by Crippen LogP contribution is -2.42. The van der Waals surface area contributed by atoms with Crippen LogP contribution in [-0.4, -0.2) is 23.0 Å². The topological polar surface area (TPSA) is 58.9 Å². The predicted molar refractivity (Wildman–Crippen MR) is 109 cm³/mol. The van der Waals surface area contributed by atoms with Gasteiger partial charge in [0.05, 0.1) is 26.4 Å². The first-order valence-corrected chi connectivity index (χ1v) is 10.8. The zero-order valence-corrected chi connectivity index (χ0v) is 18.2. The molecular weight excluding hydrogens is 486 g/mol. The summed E-state index contributed by atoms with van der Waals surface area (Å²) in [5.74, 6) is -1.10. The number of fused-ring (bicyclic) bond motifs is 1. The van der Waals surface area contributed by atoms with E-state index in [0.717, 1.165) is 41.9 Å². The largest absolute Gasteiger partial charge is 0.477 e. The van der Waals surface area contributed by atoms with Crippen molar-refractivity contribution >= 4 is 57.8 Å². The zero-order valence-electron chi connectivity index (χ0n) is 15.1. The Hall–Kier alpha value is -1.48. The smallest absolute Gasteiger partial charge is 0.435 e. The van der Waals surface area contributed by atoms with E-state index in [4.69, 9.17) is 39.6 Å². The number of halogens is 6. The number of oxime groups is 1. The van der Waals surface area contributed by atoms with E-state index in [-0.39, 0.29) is 31.2 Å². The molecule has 2 aliphatic rings. The first-order valence-electron chi connectivity index (χ1n) is 8.90. The molecule has 160 valence electrons. The number of carboxylic acid groups (broad SMARTS) is 1. The minimum atomic E-state index is -4.84. The number of alkyl halides is 3. The molecule has 0 spiro atoms. The molecule has 1 N–H and O–H groups in total. The first kappa shape index (κ1) is 21.7. The lowest BCUT2D eigenvalue weighted by molar-refractivity contribution is -0.275. The highest BCUT2D eigenvalue weighted by Gasteiger charge is 2.62. The highest BCUT2D eigenvalue weighted by atomic mass is 35.5. The van der Waals surface area contributed by atoms with Crippen LogP contribution >= 0.6 is 46.1 Å². The van der Waals surface area contributed by atoms with Gasteiger partial charge in [0.2, 0.25) is 0 Å². The normalized spacial score (nSPS) is 21.2. The summed E-state index contributed by atoms with van der Waals surface area (Å²) >= 11 is 18.7. The molecule has 1 unspecified atom stereocenters. The number of aromatic carboxylic acids is 1. The summed E-state index contributed by atoms with van der Waals surface area (Å²) < 4.78 is 42.7. The van der Waals surface area contributed by atoms with Crippen LogP contribution in [0.4, 0.5) is 13.2 Å². The van der Waals surface area contributed by atoms with Gasteiger partial charge in [-0.25, -0.2) is 4.79 Å². The van der Waals surface area contributed by atoms with Gasteiger partial charge in [0.1, 0.15) is 10.6 Å². The van der Waals surface area contributed by atoms with Crippen LogP contribution in [0, 0.1) is 0 Å². The van der Waals surface area contributed by atoms with Crippen LogP contribution in [0.25, 0.3) is 0 Å². The average Bonchev–Trinajstić information content (AvgIpc) is 3.28. The van der Waals surface area contributed by atoms with Gasteiger partial charge in [-0.3, -0.25) is 0 Å². The lowest BCUT2D eigenvalue weighted by Gasteiger charge is -2.30. The summed E-state index contributed by atoms with van der Waals surface area (Å²) in [4.78, 5) is 17.2. The van der Waals surface area contributed by atoms with Crippen LogP contribution in [-0.2, 0) is 23.3 Å². The van der Waals surface area contributed by atoms with E-state index in [1.807, 2.05) is 0 Å². The number of carbonyl (C=O) groups is 1. The SMILES string of the molecule is O=C(O)c1sc(C2=NOC(c3cc(Cl)c(Cl)c(Cl)c3)(C(F)(F)F)C2)c2c1CCCC2. The maximum Gasteiger partial charge on any atom is 0.435 e. The molecular formula is C19H13Cl3F3NO3S. The van der Waals surface area contributed by atoms with Gasteiger partial charge in [-0.1, -0.05) is 40.0 Å². The van der Waals surface area contributed by atoms with E-state index in [1.165, 1.54) is 0 Å². The number of hydrogen-bond donors (Lipinski definition) is 1. The van der Waals surface area contributed by atoms with E-state index in [2.05, 4.69) is 5.16 Å². The molecule has 0 fully saturated rings. The third-order valence-corrected chi connectivity index (χ3v) is 7.82. The number of benzene rings is 1. The van der Waals surface area contributed by atoms with E-state index >= 15 is 0 Å². The van der Waals surface area contributed by atoms with Crippen LogP contribution in [0.1, 0.15) is 50.5 Å². The molecule has 2 heterocycles. The summed E-state index contributed by atoms with van der Waals surface area (Å²) in [6.07, 6.45) is -2.64. The van der Waals surface area contributed by atoms with Gasteiger partial charge in [-0.2, -0.15) is 13.2 Å². The standard InChI is InChI=1S/C19H13Cl3F3NO3S/c20-11-5-8(6-12(21)14(11)22)18(19(23,24)25)7-13(26-29-18)15-9-3-1-2-4-10(9)16(30-15)17(27)28/h5-6H,1-4,7H2,(H,27,28). The molecule has 0 radical (unpaired) electrons. The molecule has 1 aromatic heterocycles. The minimum Gasteiger partial charge on any atom is -0.477 e. The molecule has 1 aliphatic heterocycles. The van der Waals surface area contributed by atoms with Crippen molar-refractivity contribution in [2.45, 2.75) is 43.9 Å². The molecule has 0 bridgehead atoms. The van der Waals surface area contributed by atoms with E-state index in [0.29, 0.717) is 23.3 Å². The maximum absolute atomic E-state index is 14.2. The Labute approximate surface area is 188 Å². The van der Waals surface area contributed by atoms with Crippen molar-refractivity contribution in [2.24, 2.45) is 5.16 Å². The van der Waals surface area contributed by atoms with Gasteiger partial charge in [0, 0.05) is 5.56 Å². The summed E-state index contributed by atoms with van der Waals surface area (Å²) in [5, 5.41) is 12.9. The number of carboxylic acids is 1. The van der Waals surface area contributed by atoms with E-state index < -0.39 is 24.2 Å². The fraction of sp³-hybridized carbons (Fsp3) is 0.368. The predicted octanol–water partition coefficient (Wildman–Crippen LogP) is 6.87. The molecule has 1 aliphatic carbocycles. The van der Waals surface area contributed by atoms with Crippen LogP contribution in [0.3, 0.4) is 0 Å². The molecule has 0 saturated carbocycles. The van der Waals surface area contributed by atoms with Crippen molar-refractivity contribution in [2.75, 3.05) is 0 Å². The van der Waals surface area contributed by atoms with Crippen molar-refractivity contribution in [3.8, 4) is 0 Å². The van der Waals surface area contributed by atoms with Crippen LogP contribution in [0.15, 0.2) is 17.3 Å². The van der Waals surface area contributed by atoms with Gasteiger partial charge >= 0.3 is 12.1 Å². The summed E-state index contributed by atoms with van der Waals surface area (Å²) in [5.41, 5.74) is -1.63. The van der Waals surface area contributed by atoms with Crippen LogP contribution in [0.5, 0.6) is 0 Å². The number of nitrogens with zero attached hydrogens (tertiary/aromatic N) is 1. The van der Waals surface area contributed by atoms with Gasteiger partial charge in [0.15, 0.2) is 0 Å². The molecule has 0 saturated heterocycles. The third kappa shape index (κ3) is 3.38. The molecule has 4 rings (SSSR count). The molecule has 1 aromatic carbocycles. The summed E-state index contributed by atoms with van der Waals surface area (Å²) in [7, 11) is 0. The van der Waals surface area contributed by atoms with Gasteiger partial charge in [-0.15, -0.1) is 11.3 Å².